The van der Waals surface area contributed by atoms with E-state index >= 15 is 0 Å². The monoisotopic (exact) mass is 262 g/mol. The molecule has 0 fully saturated rings. The maximum atomic E-state index is 11.2. The standard InChI is InChI=1S/C14H18N2O3/c1-2-19-14(17)7-13(16)10-18-9-12-5-3-11(8-15)4-6-12/h3-6,13H,2,7,9-10,16H2,1H3/t13-/m1/s1. The van der Waals surface area contributed by atoms with Crippen LogP contribution >= 0.6 is 0 Å². The van der Waals surface area contributed by atoms with Crippen LogP contribution in [0.25, 0.3) is 0 Å². The van der Waals surface area contributed by atoms with Crippen LogP contribution in [0.2, 0.25) is 0 Å². The Balaban J connectivity index is 2.25. The van der Waals surface area contributed by atoms with Crippen LogP contribution in [0.5, 0.6) is 0 Å². The van der Waals surface area contributed by atoms with Gasteiger partial charge in [0.2, 0.25) is 0 Å². The second kappa shape index (κ2) is 8.25. The average Bonchev–Trinajstić information content (AvgIpc) is 2.39. The third kappa shape index (κ3) is 6.00. The van der Waals surface area contributed by atoms with Crippen molar-refractivity contribution in [2.75, 3.05) is 13.2 Å². The third-order valence-corrected chi connectivity index (χ3v) is 2.42. The Labute approximate surface area is 112 Å². The molecule has 0 radical (unpaired) electrons. The first-order chi connectivity index (χ1) is 9.15. The highest BCUT2D eigenvalue weighted by Crippen LogP contribution is 2.05. The van der Waals surface area contributed by atoms with Gasteiger partial charge in [-0.15, -0.1) is 0 Å². The lowest BCUT2D eigenvalue weighted by Crippen LogP contribution is -2.29. The minimum absolute atomic E-state index is 0.154. The number of nitrogens with two attached hydrogens (primary N) is 1. The highest BCUT2D eigenvalue weighted by molar-refractivity contribution is 5.70. The molecule has 0 spiro atoms. The lowest BCUT2D eigenvalue weighted by Gasteiger charge is -2.11. The van der Waals surface area contributed by atoms with Gasteiger partial charge in [0.05, 0.1) is 37.9 Å². The maximum Gasteiger partial charge on any atom is 0.307 e. The van der Waals surface area contributed by atoms with Gasteiger partial charge in [0.1, 0.15) is 0 Å². The molecule has 0 bridgehead atoms. The second-order valence-corrected chi connectivity index (χ2v) is 4.09. The molecule has 2 N–H and O–H groups in total. The summed E-state index contributed by atoms with van der Waals surface area (Å²) < 4.78 is 10.2. The quantitative estimate of drug-likeness (QED) is 0.750. The first kappa shape index (κ1) is 15.2. The van der Waals surface area contributed by atoms with Gasteiger partial charge in [-0.3, -0.25) is 4.79 Å². The molecule has 5 nitrogen and oxygen atoms in total. The molecule has 1 aromatic carbocycles. The van der Waals surface area contributed by atoms with Crippen molar-refractivity contribution in [3.05, 3.63) is 35.4 Å². The molecule has 1 aromatic rings. The van der Waals surface area contributed by atoms with Crippen LogP contribution in [0, 0.1) is 11.3 Å². The fraction of sp³-hybridized carbons (Fsp3) is 0.429. The van der Waals surface area contributed by atoms with Crippen LogP contribution in [0.4, 0.5) is 0 Å². The van der Waals surface area contributed by atoms with Crippen LogP contribution in [0.3, 0.4) is 0 Å². The van der Waals surface area contributed by atoms with Crippen LogP contribution in [-0.4, -0.2) is 25.2 Å². The van der Waals surface area contributed by atoms with Gasteiger partial charge in [-0.05, 0) is 24.6 Å². The van der Waals surface area contributed by atoms with E-state index in [9.17, 15) is 4.79 Å². The van der Waals surface area contributed by atoms with Gasteiger partial charge >= 0.3 is 5.97 Å². The van der Waals surface area contributed by atoms with Gasteiger partial charge in [-0.2, -0.15) is 5.26 Å². The van der Waals surface area contributed by atoms with E-state index in [1.807, 2.05) is 18.2 Å². The van der Waals surface area contributed by atoms with Crippen molar-refractivity contribution < 1.29 is 14.3 Å². The van der Waals surface area contributed by atoms with Crippen LogP contribution < -0.4 is 5.73 Å². The number of hydrogen-bond donors (Lipinski definition) is 1. The summed E-state index contributed by atoms with van der Waals surface area (Å²) in [5.41, 5.74) is 7.32. The zero-order valence-electron chi connectivity index (χ0n) is 11.0. The molecule has 19 heavy (non-hydrogen) atoms. The summed E-state index contributed by atoms with van der Waals surface area (Å²) in [6, 6.07) is 8.81. The largest absolute Gasteiger partial charge is 0.466 e. The molecule has 0 aliphatic rings. The molecule has 0 aromatic heterocycles. The van der Waals surface area contributed by atoms with E-state index in [-0.39, 0.29) is 18.4 Å². The molecular weight excluding hydrogens is 244 g/mol. The Kier molecular flexibility index (Phi) is 6.58. The molecule has 0 unspecified atom stereocenters. The van der Waals surface area contributed by atoms with Crippen molar-refractivity contribution in [1.82, 2.24) is 0 Å². The first-order valence-corrected chi connectivity index (χ1v) is 6.13. The SMILES string of the molecule is CCOC(=O)C[C@@H](N)COCc1ccc(C#N)cc1. The van der Waals surface area contributed by atoms with E-state index in [1.54, 1.807) is 19.1 Å². The van der Waals surface area contributed by atoms with Crippen molar-refractivity contribution in [2.24, 2.45) is 5.73 Å². The maximum absolute atomic E-state index is 11.2. The second-order valence-electron chi connectivity index (χ2n) is 4.09. The predicted molar refractivity (Wildman–Crippen MR) is 70.0 cm³/mol. The van der Waals surface area contributed by atoms with Gasteiger partial charge in [0.15, 0.2) is 0 Å². The minimum atomic E-state index is -0.363. The summed E-state index contributed by atoms with van der Waals surface area (Å²) in [7, 11) is 0. The summed E-state index contributed by atoms with van der Waals surface area (Å²) in [4.78, 5) is 11.2. The van der Waals surface area contributed by atoms with E-state index in [4.69, 9.17) is 20.5 Å². The van der Waals surface area contributed by atoms with Crippen molar-refractivity contribution >= 4 is 5.97 Å². The molecular formula is C14H18N2O3. The minimum Gasteiger partial charge on any atom is -0.466 e. The summed E-state index contributed by atoms with van der Waals surface area (Å²) in [5, 5.41) is 8.66. The fourth-order valence-corrected chi connectivity index (χ4v) is 1.50. The number of hydrogen-bond acceptors (Lipinski definition) is 5. The average molecular weight is 262 g/mol. The molecule has 0 amide bonds. The van der Waals surface area contributed by atoms with Crippen molar-refractivity contribution in [1.29, 1.82) is 5.26 Å². The zero-order valence-corrected chi connectivity index (χ0v) is 11.0. The first-order valence-electron chi connectivity index (χ1n) is 6.13. The van der Waals surface area contributed by atoms with Gasteiger partial charge in [-0.25, -0.2) is 0 Å². The third-order valence-electron chi connectivity index (χ3n) is 2.42. The van der Waals surface area contributed by atoms with Crippen LogP contribution in [0.15, 0.2) is 24.3 Å². The van der Waals surface area contributed by atoms with Gasteiger partial charge < -0.3 is 15.2 Å². The predicted octanol–water partition coefficient (Wildman–Crippen LogP) is 1.36. The molecule has 0 aliphatic carbocycles. The van der Waals surface area contributed by atoms with Gasteiger partial charge in [-0.1, -0.05) is 12.1 Å². The molecule has 0 aliphatic heterocycles. The Morgan fingerprint density at radius 2 is 2.11 bits per heavy atom. The normalized spacial score (nSPS) is 11.6. The van der Waals surface area contributed by atoms with E-state index < -0.39 is 0 Å². The molecule has 0 saturated carbocycles. The van der Waals surface area contributed by atoms with E-state index in [2.05, 4.69) is 0 Å². The molecule has 5 heteroatoms. The lowest BCUT2D eigenvalue weighted by molar-refractivity contribution is -0.143. The number of nitrogens with zero attached hydrogens (tertiary/aromatic N) is 1. The van der Waals surface area contributed by atoms with Gasteiger partial charge in [0, 0.05) is 6.04 Å². The number of carbonyl (C=O) groups is 1. The topological polar surface area (TPSA) is 85.3 Å². The number of nitriles is 1. The Bertz CT molecular complexity index is 437. The summed E-state index contributed by atoms with van der Waals surface area (Å²) in [6.07, 6.45) is 0.154. The van der Waals surface area contributed by atoms with Crippen LogP contribution in [-0.2, 0) is 20.9 Å². The van der Waals surface area contributed by atoms with Crippen LogP contribution in [0.1, 0.15) is 24.5 Å². The Morgan fingerprint density at radius 1 is 1.42 bits per heavy atom. The Morgan fingerprint density at radius 3 is 2.68 bits per heavy atom. The summed E-state index contributed by atoms with van der Waals surface area (Å²) >= 11 is 0. The van der Waals surface area contributed by atoms with E-state index in [1.165, 1.54) is 0 Å². The number of esters is 1. The molecule has 0 heterocycles. The molecule has 0 saturated heterocycles. The molecule has 102 valence electrons. The molecule has 1 rings (SSSR count). The smallest absolute Gasteiger partial charge is 0.307 e. The van der Waals surface area contributed by atoms with Gasteiger partial charge in [0.25, 0.3) is 0 Å². The van der Waals surface area contributed by atoms with E-state index in [0.717, 1.165) is 5.56 Å². The lowest BCUT2D eigenvalue weighted by atomic mass is 10.1. The Hall–Kier alpha value is -1.90. The summed E-state index contributed by atoms with van der Waals surface area (Å²) in [5.74, 6) is -0.308. The molecule has 1 atom stereocenters. The highest BCUT2D eigenvalue weighted by Gasteiger charge is 2.10. The van der Waals surface area contributed by atoms with Crippen molar-refractivity contribution in [3.8, 4) is 6.07 Å². The highest BCUT2D eigenvalue weighted by atomic mass is 16.5. The summed E-state index contributed by atoms with van der Waals surface area (Å²) in [6.45, 7) is 2.81. The number of benzene rings is 1. The fourth-order valence-electron chi connectivity index (χ4n) is 1.50. The van der Waals surface area contributed by atoms with Crippen molar-refractivity contribution in [2.45, 2.75) is 26.0 Å². The number of rotatable bonds is 7. The zero-order chi connectivity index (χ0) is 14.1. The van der Waals surface area contributed by atoms with E-state index in [0.29, 0.717) is 25.4 Å². The van der Waals surface area contributed by atoms with Crippen molar-refractivity contribution in [3.63, 3.8) is 0 Å². The number of ether oxygens (including phenoxy) is 2. The number of carbonyl (C=O) groups excluding carboxylic acids is 1.